The molecule has 83 heavy (non-hydrogen) atoms. The number of hydrogen-bond acceptors (Lipinski definition) is 17. The Kier molecular flexibility index (Phi) is 21.4. The zero-order valence-corrected chi connectivity index (χ0v) is 46.7. The number of carbonyl (C=O) groups excluding carboxylic acids is 7. The first-order chi connectivity index (χ1) is 39.5. The molecule has 15 atom stereocenters. The van der Waals surface area contributed by atoms with Gasteiger partial charge in [-0.15, -0.1) is 0 Å². The maximum absolute atomic E-state index is 14.6. The molecule has 0 bridgehead atoms. The minimum atomic E-state index is -2.28. The van der Waals surface area contributed by atoms with Crippen LogP contribution in [0.1, 0.15) is 81.8 Å². The molecule has 4 aromatic carbocycles. The zero-order chi connectivity index (χ0) is 60.4. The average Bonchev–Trinajstić information content (AvgIpc) is 3.90. The highest BCUT2D eigenvalue weighted by Gasteiger charge is 2.50. The van der Waals surface area contributed by atoms with Crippen LogP contribution in [0.15, 0.2) is 97.1 Å². The van der Waals surface area contributed by atoms with Crippen LogP contribution in [-0.2, 0) is 33.5 Å². The molecule has 448 valence electrons. The number of nitrogens with one attached hydrogen (secondary N) is 5. The molecule has 0 aliphatic carbocycles. The first-order valence-corrected chi connectivity index (χ1v) is 27.7. The van der Waals surface area contributed by atoms with E-state index < -0.39 is 152 Å². The van der Waals surface area contributed by atoms with Crippen LogP contribution in [0.3, 0.4) is 0 Å². The summed E-state index contributed by atoms with van der Waals surface area (Å²) in [5, 5.41) is 101. The lowest BCUT2D eigenvalue weighted by Crippen LogP contribution is -2.64. The van der Waals surface area contributed by atoms with Crippen molar-refractivity contribution in [3.63, 3.8) is 0 Å². The molecule has 3 aliphatic heterocycles. The van der Waals surface area contributed by atoms with Crippen LogP contribution in [0.2, 0.25) is 0 Å². The first kappa shape index (κ1) is 63.0. The van der Waals surface area contributed by atoms with Gasteiger partial charge in [-0.2, -0.15) is 0 Å². The Hall–Kier alpha value is -7.55. The predicted octanol–water partition coefficient (Wildman–Crippen LogP) is -0.273. The van der Waals surface area contributed by atoms with Gasteiger partial charge in [-0.1, -0.05) is 87.4 Å². The number of rotatable bonds is 15. The van der Waals surface area contributed by atoms with Crippen molar-refractivity contribution < 1.29 is 83.9 Å². The number of aliphatic hydroxyl groups is 7. The van der Waals surface area contributed by atoms with Crippen molar-refractivity contribution in [1.82, 2.24) is 36.4 Å². The zero-order valence-electron chi connectivity index (χ0n) is 46.7. The Bertz CT molecular complexity index is 2890. The van der Waals surface area contributed by atoms with Gasteiger partial charge in [0, 0.05) is 44.5 Å². The van der Waals surface area contributed by atoms with E-state index in [4.69, 9.17) is 9.47 Å². The number of methoxy groups -OCH3 is 1. The van der Waals surface area contributed by atoms with Crippen molar-refractivity contribution in [3.8, 4) is 33.8 Å². The number of ether oxygens (including phenoxy) is 2. The number of phenolic OH excluding ortho intramolecular Hbond substituents is 1. The molecule has 0 radical (unpaired) electrons. The molecule has 13 N–H and O–H groups in total. The molecule has 0 aromatic heterocycles. The molecule has 7 rings (SSSR count). The standard InChI is InChI=1S/C59H75N7O17/c1-6-7-8-25-83-41-23-19-36(20-24-41)34-11-9-33(10-12-34)35-13-15-38(16-14-35)52(74)60-42-27-44(82-5)55(77)64-57(79)48-49(71)30(2)28-66(48)59(81)46(32(4)68)62-56(78)47(51(73)50(72)37-17-21-39(69)22-18-37)63-54(76)43-26-40(70)29-65(43)58(80)45(31(3)67)61-53(42)75/h9-24,30-32,40,42-51,55,67-73,77H,6-8,25-29H2,1-5H3,(H,60,74)(H,61,75)(H,62,78)(H,63,76)(H,64,79)/t30?,31?,32-,40?,42?,43?,44?,45?,46?,47?,48?,49?,50?,51?,55?/m0/s1. The monoisotopic (exact) mass is 1150 g/mol. The van der Waals surface area contributed by atoms with E-state index >= 15 is 0 Å². The highest BCUT2D eigenvalue weighted by atomic mass is 16.5. The van der Waals surface area contributed by atoms with Gasteiger partial charge in [0.1, 0.15) is 66.1 Å². The Balaban J connectivity index is 1.19. The molecule has 0 saturated carbocycles. The maximum Gasteiger partial charge on any atom is 0.251 e. The fourth-order valence-electron chi connectivity index (χ4n) is 10.4. The number of fused-ring (bicyclic) bond motifs is 2. The van der Waals surface area contributed by atoms with E-state index in [9.17, 15) is 74.4 Å². The van der Waals surface area contributed by atoms with Gasteiger partial charge < -0.3 is 86.7 Å². The van der Waals surface area contributed by atoms with Crippen molar-refractivity contribution in [1.29, 1.82) is 0 Å². The summed E-state index contributed by atoms with van der Waals surface area (Å²) in [5.74, 6) is -8.28. The number of amides is 7. The number of phenols is 1. The summed E-state index contributed by atoms with van der Waals surface area (Å²) in [7, 11) is 1.11. The third kappa shape index (κ3) is 15.2. The normalized spacial score (nSPS) is 27.3. The van der Waals surface area contributed by atoms with E-state index in [1.165, 1.54) is 31.2 Å². The molecular weight excluding hydrogens is 1080 g/mol. The third-order valence-corrected chi connectivity index (χ3v) is 15.3. The number of benzene rings is 4. The minimum absolute atomic E-state index is 0.0555. The molecule has 24 nitrogen and oxygen atoms in total. The second-order valence-corrected chi connectivity index (χ2v) is 21.5. The molecule has 3 heterocycles. The molecule has 14 unspecified atom stereocenters. The van der Waals surface area contributed by atoms with Gasteiger partial charge in [-0.3, -0.25) is 33.6 Å². The maximum atomic E-state index is 14.6. The van der Waals surface area contributed by atoms with Crippen molar-refractivity contribution in [2.24, 2.45) is 5.92 Å². The number of nitrogens with zero attached hydrogens (tertiary/aromatic N) is 2. The van der Waals surface area contributed by atoms with Crippen molar-refractivity contribution in [3.05, 3.63) is 108 Å². The molecule has 0 spiro atoms. The van der Waals surface area contributed by atoms with Crippen molar-refractivity contribution in [2.75, 3.05) is 26.8 Å². The highest BCUT2D eigenvalue weighted by molar-refractivity contribution is 6.00. The van der Waals surface area contributed by atoms with Crippen LogP contribution in [0.4, 0.5) is 0 Å². The van der Waals surface area contributed by atoms with Gasteiger partial charge in [0.05, 0.1) is 31.0 Å². The summed E-state index contributed by atoms with van der Waals surface area (Å²) in [4.78, 5) is 102. The van der Waals surface area contributed by atoms with E-state index in [0.717, 1.165) is 90.2 Å². The molecule has 4 aromatic rings. The smallest absolute Gasteiger partial charge is 0.251 e. The van der Waals surface area contributed by atoms with Gasteiger partial charge in [0.15, 0.2) is 6.23 Å². The van der Waals surface area contributed by atoms with E-state index in [1.54, 1.807) is 12.1 Å². The highest BCUT2D eigenvalue weighted by Crippen LogP contribution is 2.30. The van der Waals surface area contributed by atoms with Gasteiger partial charge >= 0.3 is 0 Å². The summed E-state index contributed by atoms with van der Waals surface area (Å²) in [6, 6.07) is 15.3. The fourth-order valence-corrected chi connectivity index (χ4v) is 10.4. The van der Waals surface area contributed by atoms with E-state index in [0.29, 0.717) is 6.61 Å². The van der Waals surface area contributed by atoms with E-state index in [1.807, 2.05) is 48.5 Å². The topological polar surface area (TPSA) is 366 Å². The Morgan fingerprint density at radius 3 is 1.73 bits per heavy atom. The third-order valence-electron chi connectivity index (χ3n) is 15.3. The Morgan fingerprint density at radius 1 is 0.651 bits per heavy atom. The number of aliphatic hydroxyl groups excluding tert-OH is 7. The number of unbranched alkanes of at least 4 members (excludes halogenated alkanes) is 2. The molecular formula is C59H75N7O17. The fraction of sp³-hybridized carbons (Fsp3) is 0.475. The van der Waals surface area contributed by atoms with E-state index in [2.05, 4.69) is 33.5 Å². The second-order valence-electron chi connectivity index (χ2n) is 21.5. The van der Waals surface area contributed by atoms with Crippen molar-refractivity contribution >= 4 is 41.4 Å². The lowest BCUT2D eigenvalue weighted by atomic mass is 9.96. The predicted molar refractivity (Wildman–Crippen MR) is 298 cm³/mol. The number of aromatic hydroxyl groups is 1. The SMILES string of the molecule is CCCCCOc1ccc(-c2ccc(-c3ccc(C(=O)NC4CC(OC)C(O)NC(=O)C5C(O)C(C)CN5C(=O)C([C@H](C)O)NC(=O)C(C(O)C(O)c5ccc(O)cc5)NC(=O)C5CC(O)CN5C(=O)C(C(C)O)NC4=O)cc3)cc2)cc1. The molecule has 24 heteroatoms. The molecule has 3 fully saturated rings. The van der Waals surface area contributed by atoms with Crippen LogP contribution in [0.25, 0.3) is 22.3 Å². The van der Waals surface area contributed by atoms with Crippen LogP contribution < -0.4 is 31.3 Å². The number of carbonyl (C=O) groups is 7. The lowest BCUT2D eigenvalue weighted by molar-refractivity contribution is -0.148. The van der Waals surface area contributed by atoms with Gasteiger partial charge in [0.2, 0.25) is 35.4 Å². The van der Waals surface area contributed by atoms with Gasteiger partial charge in [0.25, 0.3) is 5.91 Å². The average molecular weight is 1150 g/mol. The molecule has 3 saturated heterocycles. The van der Waals surface area contributed by atoms with Crippen LogP contribution in [-0.4, -0.2) is 198 Å². The van der Waals surface area contributed by atoms with Gasteiger partial charge in [-0.05, 0) is 84.5 Å². The van der Waals surface area contributed by atoms with Crippen molar-refractivity contribution in [2.45, 2.75) is 145 Å². The molecule has 7 amide bonds. The first-order valence-electron chi connectivity index (χ1n) is 27.7. The largest absolute Gasteiger partial charge is 0.508 e. The summed E-state index contributed by atoms with van der Waals surface area (Å²) in [6.45, 7) is 5.61. The quantitative estimate of drug-likeness (QED) is 0.0681. The van der Waals surface area contributed by atoms with E-state index in [-0.39, 0.29) is 23.4 Å². The minimum Gasteiger partial charge on any atom is -0.508 e. The second kappa shape index (κ2) is 28.1. The summed E-state index contributed by atoms with van der Waals surface area (Å²) >= 11 is 0. The summed E-state index contributed by atoms with van der Waals surface area (Å²) < 4.78 is 11.4. The lowest BCUT2D eigenvalue weighted by Gasteiger charge is -2.34. The van der Waals surface area contributed by atoms with Crippen LogP contribution in [0, 0.1) is 5.92 Å². The van der Waals surface area contributed by atoms with Crippen LogP contribution in [0.5, 0.6) is 11.5 Å². The Labute approximate surface area is 479 Å². The summed E-state index contributed by atoms with van der Waals surface area (Å²) in [6.07, 6.45) is -12.4. The van der Waals surface area contributed by atoms with Gasteiger partial charge in [-0.25, -0.2) is 0 Å². The number of hydrogen-bond donors (Lipinski definition) is 13. The Morgan fingerprint density at radius 2 is 1.18 bits per heavy atom. The summed E-state index contributed by atoms with van der Waals surface area (Å²) in [5.41, 5.74) is 3.49. The van der Waals surface area contributed by atoms with Crippen LogP contribution >= 0.6 is 0 Å². The molecule has 3 aliphatic rings.